The molecule has 1 heterocycles. The SMILES string of the molecule is COc1ccc(-c2ncc(CBr)c(C3CC3)n2)cc1. The van der Waals surface area contributed by atoms with Gasteiger partial charge in [-0.1, -0.05) is 15.9 Å². The van der Waals surface area contributed by atoms with Gasteiger partial charge in [-0.2, -0.15) is 0 Å². The van der Waals surface area contributed by atoms with Crippen LogP contribution in [0.1, 0.15) is 30.0 Å². The Balaban J connectivity index is 1.97. The molecule has 1 aliphatic carbocycles. The zero-order valence-corrected chi connectivity index (χ0v) is 12.4. The molecule has 98 valence electrons. The summed E-state index contributed by atoms with van der Waals surface area (Å²) in [4.78, 5) is 9.21. The predicted octanol–water partition coefficient (Wildman–Crippen LogP) is 3.92. The summed E-state index contributed by atoms with van der Waals surface area (Å²) in [6.45, 7) is 0. The van der Waals surface area contributed by atoms with E-state index in [9.17, 15) is 0 Å². The van der Waals surface area contributed by atoms with Crippen LogP contribution in [0.15, 0.2) is 30.5 Å². The fourth-order valence-electron chi connectivity index (χ4n) is 2.11. The highest BCUT2D eigenvalue weighted by Crippen LogP contribution is 2.41. The van der Waals surface area contributed by atoms with Crippen LogP contribution in [-0.2, 0) is 5.33 Å². The molecule has 1 saturated carbocycles. The molecule has 1 fully saturated rings. The third-order valence-corrected chi connectivity index (χ3v) is 3.96. The van der Waals surface area contributed by atoms with Crippen molar-refractivity contribution in [2.45, 2.75) is 24.1 Å². The van der Waals surface area contributed by atoms with Crippen molar-refractivity contribution < 1.29 is 4.74 Å². The van der Waals surface area contributed by atoms with Gasteiger partial charge in [0.05, 0.1) is 12.8 Å². The van der Waals surface area contributed by atoms with Gasteiger partial charge in [0.1, 0.15) is 5.75 Å². The van der Waals surface area contributed by atoms with Crippen molar-refractivity contribution in [2.24, 2.45) is 0 Å². The monoisotopic (exact) mass is 318 g/mol. The Morgan fingerprint density at radius 1 is 1.26 bits per heavy atom. The summed E-state index contributed by atoms with van der Waals surface area (Å²) < 4.78 is 5.17. The number of nitrogens with zero attached hydrogens (tertiary/aromatic N) is 2. The van der Waals surface area contributed by atoms with Gasteiger partial charge in [0.15, 0.2) is 5.82 Å². The Morgan fingerprint density at radius 2 is 2.00 bits per heavy atom. The lowest BCUT2D eigenvalue weighted by molar-refractivity contribution is 0.415. The van der Waals surface area contributed by atoms with E-state index in [4.69, 9.17) is 9.72 Å². The molecular weight excluding hydrogens is 304 g/mol. The first-order valence-electron chi connectivity index (χ1n) is 6.38. The molecule has 0 unspecified atom stereocenters. The summed E-state index contributed by atoms with van der Waals surface area (Å²) in [5, 5.41) is 0.821. The highest BCUT2D eigenvalue weighted by atomic mass is 79.9. The number of hydrogen-bond donors (Lipinski definition) is 0. The summed E-state index contributed by atoms with van der Waals surface area (Å²) in [6, 6.07) is 7.87. The molecule has 0 aliphatic heterocycles. The quantitative estimate of drug-likeness (QED) is 0.801. The van der Waals surface area contributed by atoms with E-state index in [0.29, 0.717) is 5.92 Å². The van der Waals surface area contributed by atoms with Crippen LogP contribution < -0.4 is 4.74 Å². The molecule has 2 aromatic rings. The fraction of sp³-hybridized carbons (Fsp3) is 0.333. The fourth-order valence-corrected chi connectivity index (χ4v) is 2.54. The van der Waals surface area contributed by atoms with E-state index in [0.717, 1.165) is 22.5 Å². The van der Waals surface area contributed by atoms with Gasteiger partial charge in [-0.25, -0.2) is 9.97 Å². The number of rotatable bonds is 4. The summed E-state index contributed by atoms with van der Waals surface area (Å²) >= 11 is 3.51. The van der Waals surface area contributed by atoms with Crippen molar-refractivity contribution >= 4 is 15.9 Å². The van der Waals surface area contributed by atoms with E-state index in [2.05, 4.69) is 20.9 Å². The first-order chi connectivity index (χ1) is 9.31. The summed E-state index contributed by atoms with van der Waals surface area (Å²) in [7, 11) is 1.67. The van der Waals surface area contributed by atoms with Gasteiger partial charge in [-0.05, 0) is 37.1 Å². The minimum atomic E-state index is 0.632. The molecule has 0 saturated heterocycles. The molecule has 3 rings (SSSR count). The summed E-state index contributed by atoms with van der Waals surface area (Å²) in [5.41, 5.74) is 3.45. The standard InChI is InChI=1S/C15H15BrN2O/c1-19-13-6-4-11(5-7-13)15-17-9-12(8-16)14(18-15)10-2-3-10/h4-7,9-10H,2-3,8H2,1H3. The third kappa shape index (κ3) is 2.63. The van der Waals surface area contributed by atoms with E-state index in [1.807, 2.05) is 30.5 Å². The van der Waals surface area contributed by atoms with Gasteiger partial charge >= 0.3 is 0 Å². The maximum absolute atomic E-state index is 5.17. The second-order valence-electron chi connectivity index (χ2n) is 4.74. The lowest BCUT2D eigenvalue weighted by Gasteiger charge is -2.08. The van der Waals surface area contributed by atoms with Crippen molar-refractivity contribution in [3.8, 4) is 17.1 Å². The van der Waals surface area contributed by atoms with Gasteiger partial charge in [-0.15, -0.1) is 0 Å². The first kappa shape index (κ1) is 12.6. The number of hydrogen-bond acceptors (Lipinski definition) is 3. The molecular formula is C15H15BrN2O. The Hall–Kier alpha value is -1.42. The Bertz CT molecular complexity index is 579. The minimum absolute atomic E-state index is 0.632. The van der Waals surface area contributed by atoms with Crippen molar-refractivity contribution in [1.29, 1.82) is 0 Å². The molecule has 1 aromatic carbocycles. The van der Waals surface area contributed by atoms with Gasteiger partial charge < -0.3 is 4.74 Å². The first-order valence-corrected chi connectivity index (χ1v) is 7.50. The molecule has 4 heteroatoms. The molecule has 19 heavy (non-hydrogen) atoms. The average Bonchev–Trinajstić information content (AvgIpc) is 3.31. The number of ether oxygens (including phenoxy) is 1. The molecule has 0 N–H and O–H groups in total. The van der Waals surface area contributed by atoms with E-state index in [1.54, 1.807) is 7.11 Å². The minimum Gasteiger partial charge on any atom is -0.497 e. The van der Waals surface area contributed by atoms with Crippen LogP contribution in [0.2, 0.25) is 0 Å². The van der Waals surface area contributed by atoms with Crippen LogP contribution in [0.5, 0.6) is 5.75 Å². The number of benzene rings is 1. The van der Waals surface area contributed by atoms with Crippen LogP contribution in [0, 0.1) is 0 Å². The van der Waals surface area contributed by atoms with Crippen molar-refractivity contribution in [2.75, 3.05) is 7.11 Å². The van der Waals surface area contributed by atoms with Gasteiger partial charge in [-0.3, -0.25) is 0 Å². The lowest BCUT2D eigenvalue weighted by Crippen LogP contribution is -1.99. The summed E-state index contributed by atoms with van der Waals surface area (Å²) in [6.07, 6.45) is 4.44. The smallest absolute Gasteiger partial charge is 0.159 e. The highest BCUT2D eigenvalue weighted by molar-refractivity contribution is 9.08. The topological polar surface area (TPSA) is 35.0 Å². The van der Waals surface area contributed by atoms with E-state index in [1.165, 1.54) is 24.1 Å². The van der Waals surface area contributed by atoms with E-state index < -0.39 is 0 Å². The lowest BCUT2D eigenvalue weighted by atomic mass is 10.1. The molecule has 0 bridgehead atoms. The molecule has 1 aliphatic rings. The van der Waals surface area contributed by atoms with Gasteiger partial charge in [0.25, 0.3) is 0 Å². The number of halogens is 1. The zero-order chi connectivity index (χ0) is 13.2. The van der Waals surface area contributed by atoms with Crippen LogP contribution in [0.4, 0.5) is 0 Å². The van der Waals surface area contributed by atoms with Crippen LogP contribution in [0.3, 0.4) is 0 Å². The average molecular weight is 319 g/mol. The van der Waals surface area contributed by atoms with Crippen LogP contribution in [-0.4, -0.2) is 17.1 Å². The van der Waals surface area contributed by atoms with Crippen LogP contribution in [0.25, 0.3) is 11.4 Å². The second-order valence-corrected chi connectivity index (χ2v) is 5.30. The molecule has 0 atom stereocenters. The molecule has 0 spiro atoms. The third-order valence-electron chi connectivity index (χ3n) is 3.35. The molecule has 3 nitrogen and oxygen atoms in total. The number of aromatic nitrogens is 2. The number of alkyl halides is 1. The van der Waals surface area contributed by atoms with Crippen molar-refractivity contribution in [3.63, 3.8) is 0 Å². The van der Waals surface area contributed by atoms with Crippen molar-refractivity contribution in [3.05, 3.63) is 41.7 Å². The highest BCUT2D eigenvalue weighted by Gasteiger charge is 2.28. The van der Waals surface area contributed by atoms with Crippen molar-refractivity contribution in [1.82, 2.24) is 9.97 Å². The van der Waals surface area contributed by atoms with E-state index in [-0.39, 0.29) is 0 Å². The van der Waals surface area contributed by atoms with Gasteiger partial charge in [0, 0.05) is 28.6 Å². The predicted molar refractivity (Wildman–Crippen MR) is 78.6 cm³/mol. The molecule has 0 radical (unpaired) electrons. The van der Waals surface area contributed by atoms with Crippen LogP contribution >= 0.6 is 15.9 Å². The van der Waals surface area contributed by atoms with E-state index >= 15 is 0 Å². The van der Waals surface area contributed by atoms with Gasteiger partial charge in [0.2, 0.25) is 0 Å². The zero-order valence-electron chi connectivity index (χ0n) is 10.8. The maximum Gasteiger partial charge on any atom is 0.159 e. The summed E-state index contributed by atoms with van der Waals surface area (Å²) in [5.74, 6) is 2.28. The Kier molecular flexibility index (Phi) is 3.51. The second kappa shape index (κ2) is 5.29. The molecule has 0 amide bonds. The Morgan fingerprint density at radius 3 is 2.58 bits per heavy atom. The molecule has 1 aromatic heterocycles. The largest absolute Gasteiger partial charge is 0.497 e. The number of methoxy groups -OCH3 is 1. The normalized spacial score (nSPS) is 14.4. The maximum atomic E-state index is 5.17. The Labute approximate surface area is 121 Å².